The molecule has 25 heteroatoms. The number of nitrogens with one attached hydrogen (secondary N) is 9. The molecule has 0 spiro atoms. The van der Waals surface area contributed by atoms with Crippen LogP contribution in [-0.2, 0) is 49.6 Å². The number of carbonyl (C=O) groups excluding carboxylic acids is 9. The highest BCUT2D eigenvalue weighted by atomic mass is 32.2. The van der Waals surface area contributed by atoms with E-state index in [9.17, 15) is 58.2 Å². The zero-order valence-electron chi connectivity index (χ0n) is 44.3. The van der Waals surface area contributed by atoms with Crippen LogP contribution in [0.2, 0.25) is 0 Å². The Morgan fingerprint density at radius 3 is 1.61 bits per heavy atom. The molecule has 0 saturated heterocycles. The molecule has 0 unspecified atom stereocenters. The van der Waals surface area contributed by atoms with Gasteiger partial charge in [-0.2, -0.15) is 33.8 Å². The quantitative estimate of drug-likeness (QED) is 0.147. The molecular formula is C52H69N11O12S2. The standard InChI is InChI=1S/C52H69N11O12S2/c1-28-43(68)59-38(26-76-51(4,5)6)48(73)55-29(2)44(69)61-42(30(3)64)50(75)60-39(27-77-52(7,8)9)49(74)58-37(24-41(66)67)46(71)53-25-40(65)57-36(23-31-13-11-10-12-14-31)47(72)56-33-19-21-35(22-20-33)63-62-34-17-15-32(16-18-34)45(70)54-28/h10-22,28-30,36-39,42,64H,23-27H2,1-9H3,(H,53,71)(H,54,70)(H,55,73)(H,56,72)(H,57,65)(H,58,74)(H,59,68)(H,60,75)(H,61,69)(H,66,67)/t28-,29-,30+,36-,37-,38-,39-,42-/m0/s1. The smallest absolute Gasteiger partial charge is 0.305 e. The van der Waals surface area contributed by atoms with Gasteiger partial charge >= 0.3 is 5.97 Å². The number of anilines is 1. The van der Waals surface area contributed by atoms with Crippen LogP contribution in [0.25, 0.3) is 0 Å². The van der Waals surface area contributed by atoms with Crippen molar-refractivity contribution in [1.29, 1.82) is 0 Å². The largest absolute Gasteiger partial charge is 0.481 e. The maximum atomic E-state index is 14.0. The Morgan fingerprint density at radius 1 is 0.584 bits per heavy atom. The number of rotatable bonds is 9. The van der Waals surface area contributed by atoms with Crippen LogP contribution < -0.4 is 47.9 Å². The summed E-state index contributed by atoms with van der Waals surface area (Å²) in [6, 6.07) is 11.1. The summed E-state index contributed by atoms with van der Waals surface area (Å²) in [6.07, 6.45) is -2.51. The van der Waals surface area contributed by atoms with Gasteiger partial charge in [-0.15, -0.1) is 0 Å². The van der Waals surface area contributed by atoms with Crippen molar-refractivity contribution in [3.05, 3.63) is 90.0 Å². The Morgan fingerprint density at radius 2 is 1.08 bits per heavy atom. The Hall–Kier alpha value is -7.38. The maximum absolute atomic E-state index is 14.0. The number of amides is 9. The van der Waals surface area contributed by atoms with Crippen LogP contribution >= 0.6 is 23.5 Å². The van der Waals surface area contributed by atoms with E-state index >= 15 is 0 Å². The summed E-state index contributed by atoms with van der Waals surface area (Å²) in [4.78, 5) is 135. The predicted molar refractivity (Wildman–Crippen MR) is 291 cm³/mol. The van der Waals surface area contributed by atoms with Crippen LogP contribution in [0, 0.1) is 0 Å². The Bertz CT molecular complexity index is 2630. The van der Waals surface area contributed by atoms with E-state index in [0.29, 0.717) is 22.6 Å². The third-order valence-electron chi connectivity index (χ3n) is 11.1. The van der Waals surface area contributed by atoms with Crippen LogP contribution in [-0.4, -0.2) is 145 Å². The molecule has 4 bridgehead atoms. The van der Waals surface area contributed by atoms with E-state index < -0.39 is 125 Å². The number of carboxylic acids is 1. The van der Waals surface area contributed by atoms with Gasteiger partial charge in [0.25, 0.3) is 5.91 Å². The highest BCUT2D eigenvalue weighted by molar-refractivity contribution is 8.00. The number of aliphatic hydroxyl groups excluding tert-OH is 1. The van der Waals surface area contributed by atoms with E-state index in [-0.39, 0.29) is 28.2 Å². The van der Waals surface area contributed by atoms with E-state index in [4.69, 9.17) is 0 Å². The lowest BCUT2D eigenvalue weighted by Crippen LogP contribution is -2.62. The zero-order chi connectivity index (χ0) is 57.2. The minimum Gasteiger partial charge on any atom is -0.481 e. The van der Waals surface area contributed by atoms with Crippen molar-refractivity contribution in [3.8, 4) is 0 Å². The molecule has 3 aromatic carbocycles. The summed E-state index contributed by atoms with van der Waals surface area (Å²) >= 11 is 2.55. The number of fused-ring (bicyclic) bond motifs is 2. The first-order chi connectivity index (χ1) is 36.1. The third kappa shape index (κ3) is 21.6. The average molecular weight is 1100 g/mol. The fraction of sp³-hybridized carbons (Fsp3) is 0.462. The molecule has 0 saturated carbocycles. The molecule has 0 aromatic heterocycles. The van der Waals surface area contributed by atoms with Crippen LogP contribution in [0.5, 0.6) is 0 Å². The fourth-order valence-electron chi connectivity index (χ4n) is 6.89. The molecule has 9 amide bonds. The molecule has 3 heterocycles. The first kappa shape index (κ1) is 62.2. The molecule has 3 aromatic rings. The molecule has 23 nitrogen and oxygen atoms in total. The first-order valence-corrected chi connectivity index (χ1v) is 26.6. The summed E-state index contributed by atoms with van der Waals surface area (Å²) in [5.41, 5.74) is 1.98. The fourth-order valence-corrected chi connectivity index (χ4v) is 8.69. The number of aliphatic hydroxyl groups is 1. The lowest BCUT2D eigenvalue weighted by atomic mass is 10.0. The van der Waals surface area contributed by atoms with Crippen molar-refractivity contribution in [2.45, 2.75) is 133 Å². The number of hydrogen-bond donors (Lipinski definition) is 11. The van der Waals surface area contributed by atoms with Gasteiger partial charge in [-0.25, -0.2) is 0 Å². The molecule has 77 heavy (non-hydrogen) atoms. The van der Waals surface area contributed by atoms with E-state index in [1.54, 1.807) is 54.6 Å². The molecule has 0 aliphatic carbocycles. The van der Waals surface area contributed by atoms with Gasteiger partial charge in [0, 0.05) is 38.7 Å². The van der Waals surface area contributed by atoms with Gasteiger partial charge in [-0.3, -0.25) is 47.9 Å². The van der Waals surface area contributed by atoms with Crippen molar-refractivity contribution < 1.29 is 58.2 Å². The lowest BCUT2D eigenvalue weighted by Gasteiger charge is -2.29. The molecule has 8 atom stereocenters. The Labute approximate surface area is 455 Å². The van der Waals surface area contributed by atoms with E-state index in [0.717, 1.165) is 0 Å². The molecule has 6 rings (SSSR count). The van der Waals surface area contributed by atoms with Gasteiger partial charge < -0.3 is 58.1 Å². The molecule has 416 valence electrons. The lowest BCUT2D eigenvalue weighted by molar-refractivity contribution is -0.141. The van der Waals surface area contributed by atoms with Crippen molar-refractivity contribution in [1.82, 2.24) is 42.5 Å². The zero-order valence-corrected chi connectivity index (χ0v) is 46.0. The molecule has 11 N–H and O–H groups in total. The topological polar surface area (TPSA) is 344 Å². The van der Waals surface area contributed by atoms with E-state index in [1.807, 2.05) is 41.5 Å². The number of aliphatic carboxylic acids is 1. The van der Waals surface area contributed by atoms with Gasteiger partial charge in [-0.05, 0) is 74.9 Å². The van der Waals surface area contributed by atoms with Crippen molar-refractivity contribution in [3.63, 3.8) is 0 Å². The Kier molecular flexibility index (Phi) is 23.1. The summed E-state index contributed by atoms with van der Waals surface area (Å²) in [7, 11) is 0. The van der Waals surface area contributed by atoms with Crippen LogP contribution in [0.3, 0.4) is 0 Å². The van der Waals surface area contributed by atoms with Gasteiger partial charge in [-0.1, -0.05) is 71.9 Å². The molecule has 0 radical (unpaired) electrons. The van der Waals surface area contributed by atoms with Crippen molar-refractivity contribution in [2.24, 2.45) is 10.2 Å². The normalized spacial score (nSPS) is 22.9. The minimum atomic E-state index is -1.79. The summed E-state index contributed by atoms with van der Waals surface area (Å²) < 4.78 is -0.874. The molecule has 3 aliphatic rings. The second-order valence-electron chi connectivity index (χ2n) is 20.1. The predicted octanol–water partition coefficient (Wildman–Crippen LogP) is 2.38. The second kappa shape index (κ2) is 28.7. The van der Waals surface area contributed by atoms with Crippen molar-refractivity contribution in [2.75, 3.05) is 23.4 Å². The van der Waals surface area contributed by atoms with Crippen LogP contribution in [0.1, 0.15) is 84.7 Å². The van der Waals surface area contributed by atoms with Crippen LogP contribution in [0.15, 0.2) is 89.1 Å². The number of azo groups is 1. The summed E-state index contributed by atoms with van der Waals surface area (Å²) in [5, 5.41) is 51.7. The van der Waals surface area contributed by atoms with E-state index in [2.05, 4.69) is 58.1 Å². The number of thioether (sulfide) groups is 2. The minimum absolute atomic E-state index is 0.0254. The first-order valence-electron chi connectivity index (χ1n) is 24.6. The van der Waals surface area contributed by atoms with Gasteiger partial charge in [0.05, 0.1) is 30.4 Å². The van der Waals surface area contributed by atoms with Crippen molar-refractivity contribution >= 4 is 99.7 Å². The number of nitrogens with zero attached hydrogens (tertiary/aromatic N) is 2. The highest BCUT2D eigenvalue weighted by Gasteiger charge is 2.35. The average Bonchev–Trinajstić information content (AvgIpc) is 3.35. The number of carboxylic acid groups (broad SMARTS) is 1. The van der Waals surface area contributed by atoms with E-state index in [1.165, 1.54) is 68.6 Å². The second-order valence-corrected chi connectivity index (χ2v) is 23.8. The molecular weight excluding hydrogens is 1030 g/mol. The monoisotopic (exact) mass is 1100 g/mol. The van der Waals surface area contributed by atoms with Gasteiger partial charge in [0.15, 0.2) is 0 Å². The number of benzene rings is 3. The van der Waals surface area contributed by atoms with Gasteiger partial charge in [0.1, 0.15) is 42.3 Å². The highest BCUT2D eigenvalue weighted by Crippen LogP contribution is 2.26. The number of hydrogen-bond acceptors (Lipinski definition) is 15. The third-order valence-corrected chi connectivity index (χ3v) is 13.8. The summed E-state index contributed by atoms with van der Waals surface area (Å²) in [5.74, 6) is -9.29. The SMILES string of the molecule is C[C@@H]1NC(=O)c2ccc(cc2)N=Nc2ccc(cc2)NC(=O)[C@H](Cc2ccccc2)NC(=O)CNC(=O)[C@H](CC(=O)O)NC(=O)[C@H](CSC(C)(C)C)NC(=O)[C@H]([C@@H](C)O)NC(=O)[C@H](C)NC(=O)[C@H](CSC(C)(C)C)NC1=O. The Balaban J connectivity index is 1.68. The number of carbonyl (C=O) groups is 10. The summed E-state index contributed by atoms with van der Waals surface area (Å²) in [6.45, 7) is 14.3. The van der Waals surface area contributed by atoms with Crippen LogP contribution in [0.4, 0.5) is 17.1 Å². The van der Waals surface area contributed by atoms with Gasteiger partial charge in [0.2, 0.25) is 47.3 Å². The molecule has 3 aliphatic heterocycles. The molecule has 0 fully saturated rings. The maximum Gasteiger partial charge on any atom is 0.305 e.